The fourth-order valence-corrected chi connectivity index (χ4v) is 2.09. The van der Waals surface area contributed by atoms with Crippen LogP contribution in [0.15, 0.2) is 0 Å². The first-order chi connectivity index (χ1) is 6.29. The van der Waals surface area contributed by atoms with E-state index in [1.54, 1.807) is 0 Å². The highest BCUT2D eigenvalue weighted by molar-refractivity contribution is 4.88. The van der Waals surface area contributed by atoms with Gasteiger partial charge in [0.15, 0.2) is 0 Å². The van der Waals surface area contributed by atoms with Crippen LogP contribution >= 0.6 is 0 Å². The van der Waals surface area contributed by atoms with Gasteiger partial charge in [-0.05, 0) is 45.3 Å². The Morgan fingerprint density at radius 1 is 1.62 bits per heavy atom. The first kappa shape index (κ1) is 9.44. The van der Waals surface area contributed by atoms with Crippen molar-refractivity contribution in [3.8, 4) is 0 Å². The molecule has 0 saturated carbocycles. The third-order valence-electron chi connectivity index (χ3n) is 3.20. The molecule has 3 nitrogen and oxygen atoms in total. The van der Waals surface area contributed by atoms with Crippen LogP contribution in [0.2, 0.25) is 0 Å². The van der Waals surface area contributed by atoms with Crippen LogP contribution in [0.3, 0.4) is 0 Å². The summed E-state index contributed by atoms with van der Waals surface area (Å²) in [6.45, 7) is 7.60. The van der Waals surface area contributed by atoms with Crippen LogP contribution in [0.4, 0.5) is 0 Å². The number of rotatable bonds is 3. The summed E-state index contributed by atoms with van der Waals surface area (Å²) >= 11 is 0. The zero-order valence-electron chi connectivity index (χ0n) is 8.44. The molecule has 76 valence electrons. The van der Waals surface area contributed by atoms with Gasteiger partial charge in [0, 0.05) is 12.1 Å². The molecule has 0 aromatic heterocycles. The number of nitrogens with one attached hydrogen (secondary N) is 2. The average molecular weight is 184 g/mol. The molecular weight excluding hydrogens is 164 g/mol. The molecule has 0 aromatic rings. The Bertz CT molecular complexity index is 160. The van der Waals surface area contributed by atoms with Crippen molar-refractivity contribution in [3.05, 3.63) is 0 Å². The normalized spacial score (nSPS) is 39.9. The highest BCUT2D eigenvalue weighted by Gasteiger charge is 2.29. The first-order valence-corrected chi connectivity index (χ1v) is 5.32. The molecule has 3 heteroatoms. The number of hydrogen-bond acceptors (Lipinski definition) is 3. The Morgan fingerprint density at radius 2 is 2.54 bits per heavy atom. The summed E-state index contributed by atoms with van der Waals surface area (Å²) < 4.78 is 5.40. The van der Waals surface area contributed by atoms with E-state index < -0.39 is 0 Å². The predicted molar refractivity (Wildman–Crippen MR) is 52.8 cm³/mol. The average Bonchev–Trinajstić information content (AvgIpc) is 2.72. The molecule has 2 fully saturated rings. The molecule has 2 atom stereocenters. The molecule has 2 unspecified atom stereocenters. The molecule has 0 aromatic carbocycles. The summed E-state index contributed by atoms with van der Waals surface area (Å²) in [6, 6.07) is 0. The maximum atomic E-state index is 5.40. The summed E-state index contributed by atoms with van der Waals surface area (Å²) in [5.41, 5.74) is 0.253. The second-order valence-corrected chi connectivity index (χ2v) is 4.60. The van der Waals surface area contributed by atoms with Crippen molar-refractivity contribution in [2.24, 2.45) is 5.92 Å². The Hall–Kier alpha value is -0.120. The van der Waals surface area contributed by atoms with E-state index in [-0.39, 0.29) is 5.54 Å². The van der Waals surface area contributed by atoms with Gasteiger partial charge in [0.2, 0.25) is 0 Å². The molecule has 0 spiro atoms. The summed E-state index contributed by atoms with van der Waals surface area (Å²) in [5, 5.41) is 7.02. The zero-order chi connectivity index (χ0) is 9.15. The van der Waals surface area contributed by atoms with Gasteiger partial charge in [-0.15, -0.1) is 0 Å². The van der Waals surface area contributed by atoms with Crippen molar-refractivity contribution in [1.29, 1.82) is 0 Å². The molecule has 2 aliphatic rings. The van der Waals surface area contributed by atoms with Crippen LogP contribution < -0.4 is 10.6 Å². The van der Waals surface area contributed by atoms with Crippen molar-refractivity contribution in [2.45, 2.75) is 25.3 Å². The smallest absolute Gasteiger partial charge is 0.0646 e. The van der Waals surface area contributed by atoms with Crippen LogP contribution in [0, 0.1) is 5.92 Å². The van der Waals surface area contributed by atoms with E-state index in [0.29, 0.717) is 0 Å². The van der Waals surface area contributed by atoms with Crippen LogP contribution in [-0.4, -0.2) is 38.4 Å². The van der Waals surface area contributed by atoms with Crippen LogP contribution in [0.25, 0.3) is 0 Å². The van der Waals surface area contributed by atoms with Gasteiger partial charge in [0.25, 0.3) is 0 Å². The number of ether oxygens (including phenoxy) is 1. The highest BCUT2D eigenvalue weighted by Crippen LogP contribution is 2.18. The minimum Gasteiger partial charge on any atom is -0.379 e. The summed E-state index contributed by atoms with van der Waals surface area (Å²) in [7, 11) is 0. The second-order valence-electron chi connectivity index (χ2n) is 4.60. The number of hydrogen-bond donors (Lipinski definition) is 2. The molecule has 2 aliphatic heterocycles. The van der Waals surface area contributed by atoms with Gasteiger partial charge in [-0.3, -0.25) is 0 Å². The molecule has 0 bridgehead atoms. The molecule has 0 radical (unpaired) electrons. The van der Waals surface area contributed by atoms with Gasteiger partial charge < -0.3 is 15.4 Å². The molecular formula is C10H20N2O. The van der Waals surface area contributed by atoms with E-state index in [2.05, 4.69) is 17.6 Å². The van der Waals surface area contributed by atoms with Gasteiger partial charge in [0.1, 0.15) is 0 Å². The fraction of sp³-hybridized carbons (Fsp3) is 1.00. The third-order valence-corrected chi connectivity index (χ3v) is 3.20. The molecule has 13 heavy (non-hydrogen) atoms. The lowest BCUT2D eigenvalue weighted by molar-refractivity contribution is 0.170. The van der Waals surface area contributed by atoms with E-state index in [4.69, 9.17) is 4.74 Å². The van der Waals surface area contributed by atoms with Gasteiger partial charge in [-0.2, -0.15) is 0 Å². The lowest BCUT2D eigenvalue weighted by Crippen LogP contribution is -2.45. The quantitative estimate of drug-likeness (QED) is 0.664. The molecule has 0 aliphatic carbocycles. The van der Waals surface area contributed by atoms with E-state index in [1.165, 1.54) is 19.5 Å². The standard InChI is InChI=1S/C10H20N2O/c1-10(3-5-13-8-10)12-7-9-2-4-11-6-9/h9,11-12H,2-8H2,1H3. The largest absolute Gasteiger partial charge is 0.379 e. The minimum atomic E-state index is 0.253. The van der Waals surface area contributed by atoms with Crippen molar-refractivity contribution < 1.29 is 4.74 Å². The Balaban J connectivity index is 1.71. The van der Waals surface area contributed by atoms with E-state index in [0.717, 1.165) is 32.1 Å². The Labute approximate surface area is 80.2 Å². The van der Waals surface area contributed by atoms with Gasteiger partial charge in [-0.25, -0.2) is 0 Å². The SMILES string of the molecule is CC1(NCC2CCNC2)CCOC1. The monoisotopic (exact) mass is 184 g/mol. The molecule has 2 rings (SSSR count). The minimum absolute atomic E-state index is 0.253. The summed E-state index contributed by atoms with van der Waals surface area (Å²) in [4.78, 5) is 0. The summed E-state index contributed by atoms with van der Waals surface area (Å²) in [6.07, 6.45) is 2.48. The van der Waals surface area contributed by atoms with Gasteiger partial charge in [0.05, 0.1) is 6.61 Å². The topological polar surface area (TPSA) is 33.3 Å². The van der Waals surface area contributed by atoms with Crippen LogP contribution in [-0.2, 0) is 4.74 Å². The third kappa shape index (κ3) is 2.42. The van der Waals surface area contributed by atoms with Crippen LogP contribution in [0.5, 0.6) is 0 Å². The lowest BCUT2D eigenvalue weighted by Gasteiger charge is -2.25. The summed E-state index contributed by atoms with van der Waals surface area (Å²) in [5.74, 6) is 0.831. The van der Waals surface area contributed by atoms with E-state index >= 15 is 0 Å². The molecule has 2 N–H and O–H groups in total. The molecule has 0 amide bonds. The van der Waals surface area contributed by atoms with Crippen LogP contribution in [0.1, 0.15) is 19.8 Å². The van der Waals surface area contributed by atoms with Crippen molar-refractivity contribution in [3.63, 3.8) is 0 Å². The van der Waals surface area contributed by atoms with Crippen molar-refractivity contribution in [2.75, 3.05) is 32.8 Å². The highest BCUT2D eigenvalue weighted by atomic mass is 16.5. The van der Waals surface area contributed by atoms with Gasteiger partial charge >= 0.3 is 0 Å². The Morgan fingerprint density at radius 3 is 3.15 bits per heavy atom. The first-order valence-electron chi connectivity index (χ1n) is 5.32. The van der Waals surface area contributed by atoms with Crippen molar-refractivity contribution >= 4 is 0 Å². The Kier molecular flexibility index (Phi) is 2.86. The second kappa shape index (κ2) is 3.95. The van der Waals surface area contributed by atoms with Crippen molar-refractivity contribution in [1.82, 2.24) is 10.6 Å². The van der Waals surface area contributed by atoms with E-state index in [9.17, 15) is 0 Å². The molecule has 2 heterocycles. The van der Waals surface area contributed by atoms with Gasteiger partial charge in [-0.1, -0.05) is 0 Å². The predicted octanol–water partition coefficient (Wildman–Crippen LogP) is 0.365. The lowest BCUT2D eigenvalue weighted by atomic mass is 10.00. The maximum absolute atomic E-state index is 5.40. The fourth-order valence-electron chi connectivity index (χ4n) is 2.09. The molecule has 2 saturated heterocycles. The maximum Gasteiger partial charge on any atom is 0.0646 e. The van der Waals surface area contributed by atoms with E-state index in [1.807, 2.05) is 0 Å². The zero-order valence-corrected chi connectivity index (χ0v) is 8.44.